The fourth-order valence-corrected chi connectivity index (χ4v) is 2.45. The van der Waals surface area contributed by atoms with E-state index in [9.17, 15) is 4.79 Å². The van der Waals surface area contributed by atoms with E-state index in [1.54, 1.807) is 0 Å². The van der Waals surface area contributed by atoms with Crippen LogP contribution in [0, 0.1) is 5.92 Å². The second-order valence-corrected chi connectivity index (χ2v) is 6.80. The Balaban J connectivity index is 1.48. The third-order valence-electron chi connectivity index (χ3n) is 4.23. The molecule has 25 heavy (non-hydrogen) atoms. The molecular weight excluding hydrogens is 316 g/mol. The summed E-state index contributed by atoms with van der Waals surface area (Å²) in [5, 5.41) is 9.57. The van der Waals surface area contributed by atoms with Gasteiger partial charge in [0.15, 0.2) is 12.6 Å². The van der Waals surface area contributed by atoms with Crippen molar-refractivity contribution in [2.24, 2.45) is 10.9 Å². The van der Waals surface area contributed by atoms with Crippen LogP contribution in [0.5, 0.6) is 5.75 Å². The zero-order valence-electron chi connectivity index (χ0n) is 14.9. The Kier molecular flexibility index (Phi) is 6.14. The van der Waals surface area contributed by atoms with Crippen LogP contribution in [0.3, 0.4) is 0 Å². The number of guanidine groups is 1. The van der Waals surface area contributed by atoms with Crippen LogP contribution in [0.4, 0.5) is 0 Å². The van der Waals surface area contributed by atoms with Crippen LogP contribution < -0.4 is 20.7 Å². The van der Waals surface area contributed by atoms with Gasteiger partial charge in [-0.2, -0.15) is 0 Å². The highest BCUT2D eigenvalue weighted by atomic mass is 16.5. The molecule has 3 rings (SSSR count). The van der Waals surface area contributed by atoms with Crippen molar-refractivity contribution in [3.63, 3.8) is 0 Å². The Hall–Kier alpha value is -2.24. The molecule has 0 unspecified atom stereocenters. The Labute approximate surface area is 149 Å². The summed E-state index contributed by atoms with van der Waals surface area (Å²) >= 11 is 0. The number of ether oxygens (including phenoxy) is 1. The first kappa shape index (κ1) is 17.6. The number of nitrogens with zero attached hydrogens (tertiary/aromatic N) is 1. The molecule has 136 valence electrons. The fourth-order valence-electron chi connectivity index (χ4n) is 2.45. The summed E-state index contributed by atoms with van der Waals surface area (Å²) in [6.07, 6.45) is 4.81. The first-order chi connectivity index (χ1) is 12.2. The van der Waals surface area contributed by atoms with E-state index >= 15 is 0 Å². The molecular formula is C19H28N4O2. The normalized spacial score (nSPS) is 17.1. The molecule has 1 amide bonds. The van der Waals surface area contributed by atoms with E-state index in [1.807, 2.05) is 24.3 Å². The third-order valence-corrected chi connectivity index (χ3v) is 4.23. The van der Waals surface area contributed by atoms with E-state index in [0.29, 0.717) is 18.3 Å². The van der Waals surface area contributed by atoms with Gasteiger partial charge in [0.25, 0.3) is 5.91 Å². The molecule has 2 saturated carbocycles. The number of carbonyl (C=O) groups is 1. The minimum absolute atomic E-state index is 0.0513. The van der Waals surface area contributed by atoms with Gasteiger partial charge in [0.2, 0.25) is 0 Å². The Morgan fingerprint density at radius 3 is 2.80 bits per heavy atom. The van der Waals surface area contributed by atoms with E-state index in [1.165, 1.54) is 12.8 Å². The molecule has 0 atom stereocenters. The largest absolute Gasteiger partial charge is 0.484 e. The maximum atomic E-state index is 11.7. The maximum Gasteiger partial charge on any atom is 0.258 e. The van der Waals surface area contributed by atoms with Crippen molar-refractivity contribution in [3.8, 4) is 5.75 Å². The lowest BCUT2D eigenvalue weighted by Gasteiger charge is -2.11. The zero-order chi connectivity index (χ0) is 17.5. The average Bonchev–Trinajstić information content (AvgIpc) is 3.51. The molecule has 0 saturated heterocycles. The van der Waals surface area contributed by atoms with Crippen LogP contribution >= 0.6 is 0 Å². The number of hydrogen-bond donors (Lipinski definition) is 3. The molecule has 0 radical (unpaired) electrons. The molecule has 6 nitrogen and oxygen atoms in total. The molecule has 0 bridgehead atoms. The predicted octanol–water partition coefficient (Wildman–Crippen LogP) is 1.81. The number of carbonyl (C=O) groups excluding carboxylic acids is 1. The molecule has 0 aliphatic heterocycles. The summed E-state index contributed by atoms with van der Waals surface area (Å²) in [5.41, 5.74) is 1.06. The molecule has 1 aromatic rings. The summed E-state index contributed by atoms with van der Waals surface area (Å²) < 4.78 is 5.59. The first-order valence-corrected chi connectivity index (χ1v) is 9.26. The van der Waals surface area contributed by atoms with E-state index in [-0.39, 0.29) is 12.5 Å². The van der Waals surface area contributed by atoms with Crippen molar-refractivity contribution < 1.29 is 9.53 Å². The van der Waals surface area contributed by atoms with Crippen LogP contribution in [0.1, 0.15) is 38.2 Å². The second-order valence-electron chi connectivity index (χ2n) is 6.80. The summed E-state index contributed by atoms with van der Waals surface area (Å²) in [6.45, 7) is 4.54. The summed E-state index contributed by atoms with van der Waals surface area (Å²) in [7, 11) is 0. The van der Waals surface area contributed by atoms with E-state index in [0.717, 1.165) is 43.4 Å². The highest BCUT2D eigenvalue weighted by Gasteiger charge is 2.23. The van der Waals surface area contributed by atoms with Gasteiger partial charge in [-0.1, -0.05) is 12.1 Å². The monoisotopic (exact) mass is 344 g/mol. The van der Waals surface area contributed by atoms with E-state index in [2.05, 4.69) is 27.9 Å². The standard InChI is InChI=1S/C19H28N4O2/c1-2-20-19(21-11-14-6-7-14)22-12-15-4-3-5-17(10-15)25-13-18(24)23-16-8-9-16/h3-5,10,14,16H,2,6-9,11-13H2,1H3,(H,23,24)(H2,20,21,22). The van der Waals surface area contributed by atoms with Gasteiger partial charge in [-0.25, -0.2) is 4.99 Å². The summed E-state index contributed by atoms with van der Waals surface area (Å²) in [6, 6.07) is 8.13. The predicted molar refractivity (Wildman–Crippen MR) is 98.6 cm³/mol. The van der Waals surface area contributed by atoms with Crippen LogP contribution in [-0.4, -0.2) is 37.6 Å². The van der Waals surface area contributed by atoms with Crippen molar-refractivity contribution in [3.05, 3.63) is 29.8 Å². The van der Waals surface area contributed by atoms with Crippen molar-refractivity contribution in [1.29, 1.82) is 0 Å². The lowest BCUT2D eigenvalue weighted by Crippen LogP contribution is -2.38. The SMILES string of the molecule is CCNC(=NCc1cccc(OCC(=O)NC2CC2)c1)NCC1CC1. The number of rotatable bonds is 9. The lowest BCUT2D eigenvalue weighted by atomic mass is 10.2. The van der Waals surface area contributed by atoms with E-state index < -0.39 is 0 Å². The minimum Gasteiger partial charge on any atom is -0.484 e. The van der Waals surface area contributed by atoms with Gasteiger partial charge in [0.05, 0.1) is 6.54 Å². The smallest absolute Gasteiger partial charge is 0.258 e. The Morgan fingerprint density at radius 1 is 1.24 bits per heavy atom. The highest BCUT2D eigenvalue weighted by molar-refractivity contribution is 5.79. The number of amides is 1. The molecule has 2 aliphatic carbocycles. The molecule has 0 heterocycles. The third kappa shape index (κ3) is 6.64. The van der Waals surface area contributed by atoms with Gasteiger partial charge in [-0.15, -0.1) is 0 Å². The van der Waals surface area contributed by atoms with Crippen LogP contribution in [0.25, 0.3) is 0 Å². The second kappa shape index (κ2) is 8.74. The van der Waals surface area contributed by atoms with Crippen molar-refractivity contribution >= 4 is 11.9 Å². The molecule has 3 N–H and O–H groups in total. The van der Waals surface area contributed by atoms with Gasteiger partial charge in [-0.3, -0.25) is 4.79 Å². The van der Waals surface area contributed by atoms with Gasteiger partial charge in [0, 0.05) is 19.1 Å². The zero-order valence-corrected chi connectivity index (χ0v) is 14.9. The van der Waals surface area contributed by atoms with Gasteiger partial charge >= 0.3 is 0 Å². The fraction of sp³-hybridized carbons (Fsp3) is 0.579. The maximum absolute atomic E-state index is 11.7. The van der Waals surface area contributed by atoms with Crippen LogP contribution in [-0.2, 0) is 11.3 Å². The molecule has 1 aromatic carbocycles. The number of aliphatic imine (C=N–C) groups is 1. The van der Waals surface area contributed by atoms with Gasteiger partial charge in [0.1, 0.15) is 5.75 Å². The van der Waals surface area contributed by atoms with E-state index in [4.69, 9.17) is 4.74 Å². The topological polar surface area (TPSA) is 74.8 Å². The van der Waals surface area contributed by atoms with Crippen molar-refractivity contribution in [2.75, 3.05) is 19.7 Å². The number of nitrogens with one attached hydrogen (secondary N) is 3. The Morgan fingerprint density at radius 2 is 2.08 bits per heavy atom. The van der Waals surface area contributed by atoms with Crippen LogP contribution in [0.15, 0.2) is 29.3 Å². The van der Waals surface area contributed by atoms with Gasteiger partial charge in [-0.05, 0) is 56.2 Å². The van der Waals surface area contributed by atoms with Crippen molar-refractivity contribution in [1.82, 2.24) is 16.0 Å². The van der Waals surface area contributed by atoms with Gasteiger partial charge < -0.3 is 20.7 Å². The molecule has 2 aliphatic rings. The molecule has 0 aromatic heterocycles. The minimum atomic E-state index is -0.0513. The number of hydrogen-bond acceptors (Lipinski definition) is 3. The van der Waals surface area contributed by atoms with Crippen molar-refractivity contribution in [2.45, 2.75) is 45.2 Å². The molecule has 2 fully saturated rings. The molecule has 6 heteroatoms. The first-order valence-electron chi connectivity index (χ1n) is 9.26. The van der Waals surface area contributed by atoms with Crippen LogP contribution in [0.2, 0.25) is 0 Å². The summed E-state index contributed by atoms with van der Waals surface area (Å²) in [4.78, 5) is 16.3. The highest BCUT2D eigenvalue weighted by Crippen LogP contribution is 2.27. The lowest BCUT2D eigenvalue weighted by molar-refractivity contribution is -0.123. The summed E-state index contributed by atoms with van der Waals surface area (Å²) in [5.74, 6) is 2.31. The average molecular weight is 344 g/mol. The molecule has 0 spiro atoms. The quantitative estimate of drug-likeness (QED) is 0.472. The number of benzene rings is 1. The Bertz CT molecular complexity index is 609.